The summed E-state index contributed by atoms with van der Waals surface area (Å²) in [6, 6.07) is 15.7. The molecule has 0 aliphatic heterocycles. The molecule has 3 N–H and O–H groups in total. The number of benzene rings is 2. The van der Waals surface area contributed by atoms with Gasteiger partial charge in [0, 0.05) is 48.1 Å². The molecule has 0 radical (unpaired) electrons. The summed E-state index contributed by atoms with van der Waals surface area (Å²) in [6.07, 6.45) is 7.78. The number of hydrogen-bond donors (Lipinski definition) is 2. The summed E-state index contributed by atoms with van der Waals surface area (Å²) in [7, 11) is 0.511. The van der Waals surface area contributed by atoms with E-state index in [0.29, 0.717) is 10.8 Å². The number of hydrogen-bond acceptors (Lipinski definition) is 4. The number of thiophene rings is 1. The predicted molar refractivity (Wildman–Crippen MR) is 192 cm³/mol. The van der Waals surface area contributed by atoms with Crippen LogP contribution in [0, 0.1) is 54.9 Å². The fourth-order valence-electron chi connectivity index (χ4n) is 4.34. The van der Waals surface area contributed by atoms with Crippen molar-refractivity contribution in [2.75, 3.05) is 12.4 Å². The van der Waals surface area contributed by atoms with E-state index < -0.39 is 11.0 Å². The van der Waals surface area contributed by atoms with E-state index in [1.165, 1.54) is 34.4 Å². The van der Waals surface area contributed by atoms with E-state index in [1.54, 1.807) is 29.5 Å². The van der Waals surface area contributed by atoms with Gasteiger partial charge in [0.25, 0.3) is 0 Å². The Bertz CT molecular complexity index is 1280. The van der Waals surface area contributed by atoms with Gasteiger partial charge in [-0.2, -0.15) is 5.26 Å². The van der Waals surface area contributed by atoms with E-state index in [9.17, 15) is 9.47 Å². The number of rotatable bonds is 11. The Hall–Kier alpha value is -1.38. The molecule has 3 aromatic rings. The Balaban J connectivity index is 0. The molecule has 0 aliphatic carbocycles. The average Bonchev–Trinajstić information content (AvgIpc) is 3.38. The van der Waals surface area contributed by atoms with Gasteiger partial charge in [0.1, 0.15) is 22.1 Å². The van der Waals surface area contributed by atoms with E-state index >= 15 is 0 Å². The number of nitrogens with two attached hydrogens (primary N) is 1. The summed E-state index contributed by atoms with van der Waals surface area (Å²) in [5.74, 6) is 1.31. The van der Waals surface area contributed by atoms with Crippen molar-refractivity contribution in [1.82, 2.24) is 0 Å². The monoisotopic (exact) mass is 880 g/mol. The van der Waals surface area contributed by atoms with Crippen molar-refractivity contribution < 1.29 is 35.3 Å². The molecule has 0 amide bonds. The van der Waals surface area contributed by atoms with Crippen molar-refractivity contribution in [1.29, 1.82) is 5.26 Å². The second-order valence-corrected chi connectivity index (χ2v) is 12.8. The Kier molecular flexibility index (Phi) is 26.2. The van der Waals surface area contributed by atoms with E-state index in [4.69, 9.17) is 23.3 Å². The van der Waals surface area contributed by atoms with Crippen LogP contribution in [-0.4, -0.2) is 11.3 Å². The third kappa shape index (κ3) is 15.3. The van der Waals surface area contributed by atoms with Gasteiger partial charge in [-0.25, -0.2) is 9.35 Å². The molecule has 0 saturated heterocycles. The van der Waals surface area contributed by atoms with Crippen LogP contribution >= 0.6 is 22.9 Å². The first-order chi connectivity index (χ1) is 20.6. The molecule has 0 saturated carbocycles. The largest absolute Gasteiger partial charge is 0.518 e. The summed E-state index contributed by atoms with van der Waals surface area (Å²) in [6.45, 7) is 22.5. The number of nitrogens with zero attached hydrogens (tertiary/aromatic N) is 1. The van der Waals surface area contributed by atoms with Crippen molar-refractivity contribution in [3.05, 3.63) is 92.8 Å². The predicted octanol–water partition coefficient (Wildman–Crippen LogP) is 10.5. The van der Waals surface area contributed by atoms with Crippen LogP contribution in [0.2, 0.25) is 5.02 Å². The maximum Gasteiger partial charge on any atom is 0.122 e. The summed E-state index contributed by atoms with van der Waals surface area (Å²) in [4.78, 5) is 2.00. The van der Waals surface area contributed by atoms with Crippen molar-refractivity contribution in [2.24, 2.45) is 11.1 Å². The maximum absolute atomic E-state index is 10.8. The number of anilines is 1. The molecule has 0 fully saturated rings. The Morgan fingerprint density at radius 3 is 2.09 bits per heavy atom. The summed E-state index contributed by atoms with van der Waals surface area (Å²) >= 11 is 7.81. The van der Waals surface area contributed by atoms with Crippen LogP contribution in [0.25, 0.3) is 0 Å². The average molecular weight is 881 g/mol. The molecular formula is C36H53ClN3OS2U-. The number of allylic oxidation sites excluding steroid dienone is 1. The topological polar surface area (TPSA) is 78.9 Å². The van der Waals surface area contributed by atoms with E-state index in [0.717, 1.165) is 52.8 Å². The molecule has 242 valence electrons. The zero-order chi connectivity index (χ0) is 32.9. The molecule has 8 heteroatoms. The summed E-state index contributed by atoms with van der Waals surface area (Å²) in [5.41, 5.74) is 5.92. The Labute approximate surface area is 304 Å². The second-order valence-electron chi connectivity index (χ2n) is 10.2. The van der Waals surface area contributed by atoms with Crippen LogP contribution in [0.15, 0.2) is 53.4 Å². The third-order valence-corrected chi connectivity index (χ3v) is 9.46. The van der Waals surface area contributed by atoms with E-state index in [2.05, 4.69) is 59.0 Å². The van der Waals surface area contributed by atoms with Gasteiger partial charge in [0.15, 0.2) is 0 Å². The first kappa shape index (κ1) is 44.7. The molecule has 0 spiro atoms. The first-order valence-corrected chi connectivity index (χ1v) is 17.8. The summed E-state index contributed by atoms with van der Waals surface area (Å²) < 4.78 is 10.8. The van der Waals surface area contributed by atoms with Gasteiger partial charge in [-0.1, -0.05) is 97.7 Å². The van der Waals surface area contributed by atoms with E-state index in [1.807, 2.05) is 45.2 Å². The molecule has 4 nitrogen and oxygen atoms in total. The molecule has 0 aliphatic rings. The zero-order valence-corrected chi connectivity index (χ0v) is 34.8. The number of nitriles is 1. The Morgan fingerprint density at radius 2 is 1.68 bits per heavy atom. The van der Waals surface area contributed by atoms with Crippen LogP contribution in [0.4, 0.5) is 5.00 Å². The van der Waals surface area contributed by atoms with Crippen LogP contribution in [0.1, 0.15) is 107 Å². The van der Waals surface area contributed by atoms with Gasteiger partial charge >= 0.3 is 0 Å². The number of nitrogens with one attached hydrogen (secondary N) is 1. The van der Waals surface area contributed by atoms with Crippen molar-refractivity contribution in [3.8, 4) is 6.07 Å². The van der Waals surface area contributed by atoms with Gasteiger partial charge in [-0.15, -0.1) is 11.3 Å². The van der Waals surface area contributed by atoms with Gasteiger partial charge in [-0.3, -0.25) is 6.08 Å². The van der Waals surface area contributed by atoms with E-state index in [-0.39, 0.29) is 31.1 Å². The third-order valence-electron chi connectivity index (χ3n) is 6.97. The van der Waals surface area contributed by atoms with Crippen LogP contribution in [0.3, 0.4) is 0 Å². The fraction of sp³-hybridized carbons (Fsp3) is 0.472. The van der Waals surface area contributed by atoms with Crippen molar-refractivity contribution in [2.45, 2.75) is 105 Å². The minimum atomic E-state index is -1.38. The molecule has 2 atom stereocenters. The molecule has 2 aromatic carbocycles. The van der Waals surface area contributed by atoms with Crippen LogP contribution < -0.4 is 10.5 Å². The van der Waals surface area contributed by atoms with Crippen molar-refractivity contribution >= 4 is 38.9 Å². The molecule has 1 aromatic heterocycles. The van der Waals surface area contributed by atoms with Gasteiger partial charge in [-0.05, 0) is 84.4 Å². The van der Waals surface area contributed by atoms with Crippen LogP contribution in [0.5, 0.6) is 0 Å². The normalized spacial score (nSPS) is 11.2. The Morgan fingerprint density at radius 1 is 1.07 bits per heavy atom. The SMILES string of the molecule is CC.CCc1c(Cl)cccc1C(C)C.CCc1sc(NC)c(C#N)c1CCC(C)CC.[CH-]=CCc1ccc(S(N)=O)cc1.[U]. The van der Waals surface area contributed by atoms with Gasteiger partial charge in [0.2, 0.25) is 0 Å². The number of aryl methyl sites for hydroxylation is 1. The molecule has 1 heterocycles. The smallest absolute Gasteiger partial charge is 0.122 e. The maximum atomic E-state index is 10.8. The van der Waals surface area contributed by atoms with Gasteiger partial charge in [0.05, 0.1) is 10.5 Å². The molecule has 44 heavy (non-hydrogen) atoms. The first-order valence-electron chi connectivity index (χ1n) is 15.4. The summed E-state index contributed by atoms with van der Waals surface area (Å²) in [5, 5.41) is 19.5. The molecular weight excluding hydrogens is 828 g/mol. The van der Waals surface area contributed by atoms with Crippen molar-refractivity contribution in [3.63, 3.8) is 0 Å². The second kappa shape index (κ2) is 25.8. The molecule has 3 rings (SSSR count). The fourth-order valence-corrected chi connectivity index (χ4v) is 6.15. The van der Waals surface area contributed by atoms with Crippen LogP contribution in [-0.2, 0) is 36.7 Å². The minimum Gasteiger partial charge on any atom is -0.518 e. The number of halogens is 1. The minimum absolute atomic E-state index is 0. The quantitative estimate of drug-likeness (QED) is 0.188. The molecule has 2 unspecified atom stereocenters. The molecule has 0 bridgehead atoms. The van der Waals surface area contributed by atoms with Gasteiger partial charge < -0.3 is 11.9 Å². The zero-order valence-electron chi connectivity index (χ0n) is 28.2. The standard InChI is InChI=1S/C14H22N2S.C11H15Cl.C9H10NOS.C2H6.U/c1-5-10(3)7-8-11-12(9-15)14(16-4)17-13(11)6-2;1-4-9-10(8(2)3)6-5-7-11(9)12;1-2-3-8-4-6-9(7-5-8)12(10)11;1-2;/h10,16H,5-8H2,1-4H3;5-8H,4H2,1-3H3;1-2,4-7H,3,10H2;1-2H3;/q;;-1;;.